The van der Waals surface area contributed by atoms with Crippen molar-refractivity contribution in [1.82, 2.24) is 4.98 Å². The molecule has 1 fully saturated rings. The van der Waals surface area contributed by atoms with E-state index in [9.17, 15) is 9.59 Å². The lowest BCUT2D eigenvalue weighted by Gasteiger charge is -2.24. The van der Waals surface area contributed by atoms with Crippen LogP contribution in [0.5, 0.6) is 0 Å². The summed E-state index contributed by atoms with van der Waals surface area (Å²) in [5.74, 6) is -0.778. The van der Waals surface area contributed by atoms with Crippen molar-refractivity contribution in [2.45, 2.75) is 18.9 Å². The third-order valence-electron chi connectivity index (χ3n) is 4.98. The highest BCUT2D eigenvalue weighted by Crippen LogP contribution is 2.29. The molecular formula is C22H21NO4. The molecule has 1 aliphatic rings. The van der Waals surface area contributed by atoms with Crippen molar-refractivity contribution in [3.63, 3.8) is 0 Å². The summed E-state index contributed by atoms with van der Waals surface area (Å²) < 4.78 is 11.1. The number of esters is 1. The highest BCUT2D eigenvalue weighted by Gasteiger charge is 2.31. The summed E-state index contributed by atoms with van der Waals surface area (Å²) in [5.41, 5.74) is 2.08. The molecule has 0 spiro atoms. The highest BCUT2D eigenvalue weighted by atomic mass is 16.5. The molecular weight excluding hydrogens is 342 g/mol. The standard InChI is InChI=1S/C22H21NO4/c24-20(18-14-23-19-9-5-4-8-17(18)19)21(15-6-2-1-3-7-15)27-22(25)16-10-12-26-13-11-16/h1-9,14,16,21,23H,10-13H2/t21-/m1/s1. The minimum atomic E-state index is -0.958. The van der Waals surface area contributed by atoms with E-state index >= 15 is 0 Å². The van der Waals surface area contributed by atoms with E-state index in [-0.39, 0.29) is 17.7 Å². The van der Waals surface area contributed by atoms with Gasteiger partial charge >= 0.3 is 5.97 Å². The first kappa shape index (κ1) is 17.5. The average Bonchev–Trinajstić information content (AvgIpc) is 3.17. The predicted molar refractivity (Wildman–Crippen MR) is 101 cm³/mol. The summed E-state index contributed by atoms with van der Waals surface area (Å²) in [6.45, 7) is 1.10. The molecule has 1 aromatic heterocycles. The van der Waals surface area contributed by atoms with Crippen LogP contribution in [0.3, 0.4) is 0 Å². The van der Waals surface area contributed by atoms with Gasteiger partial charge in [-0.2, -0.15) is 0 Å². The van der Waals surface area contributed by atoms with Gasteiger partial charge in [-0.15, -0.1) is 0 Å². The van der Waals surface area contributed by atoms with Crippen molar-refractivity contribution in [1.29, 1.82) is 0 Å². The summed E-state index contributed by atoms with van der Waals surface area (Å²) in [6, 6.07) is 16.8. The molecule has 1 N–H and O–H groups in total. The number of hydrogen-bond donors (Lipinski definition) is 1. The topological polar surface area (TPSA) is 68.4 Å². The van der Waals surface area contributed by atoms with Crippen molar-refractivity contribution in [3.05, 3.63) is 71.9 Å². The molecule has 1 saturated heterocycles. The van der Waals surface area contributed by atoms with Crippen LogP contribution in [0, 0.1) is 5.92 Å². The summed E-state index contributed by atoms with van der Waals surface area (Å²) in [7, 11) is 0. The fraction of sp³-hybridized carbons (Fsp3) is 0.273. The Balaban J connectivity index is 1.65. The molecule has 1 atom stereocenters. The van der Waals surface area contributed by atoms with E-state index in [0.29, 0.717) is 37.2 Å². The van der Waals surface area contributed by atoms with E-state index in [0.717, 1.165) is 10.9 Å². The number of aromatic amines is 1. The molecule has 5 nitrogen and oxygen atoms in total. The SMILES string of the molecule is O=C(O[C@@H](C(=O)c1c[nH]c2ccccc12)c1ccccc1)C1CCOCC1. The lowest BCUT2D eigenvalue weighted by Crippen LogP contribution is -2.28. The van der Waals surface area contributed by atoms with Crippen LogP contribution in [0.2, 0.25) is 0 Å². The molecule has 2 aromatic carbocycles. The monoisotopic (exact) mass is 363 g/mol. The van der Waals surface area contributed by atoms with Crippen LogP contribution >= 0.6 is 0 Å². The van der Waals surface area contributed by atoms with Crippen molar-refractivity contribution in [2.75, 3.05) is 13.2 Å². The Morgan fingerprint density at radius 3 is 2.48 bits per heavy atom. The van der Waals surface area contributed by atoms with Crippen molar-refractivity contribution >= 4 is 22.7 Å². The van der Waals surface area contributed by atoms with Gasteiger partial charge in [-0.1, -0.05) is 48.5 Å². The fourth-order valence-corrected chi connectivity index (χ4v) is 3.46. The minimum Gasteiger partial charge on any atom is -0.449 e. The maximum atomic E-state index is 13.3. The first-order chi connectivity index (χ1) is 13.2. The van der Waals surface area contributed by atoms with E-state index in [1.54, 1.807) is 6.20 Å². The summed E-state index contributed by atoms with van der Waals surface area (Å²) in [4.78, 5) is 29.1. The fourth-order valence-electron chi connectivity index (χ4n) is 3.46. The second kappa shape index (κ2) is 7.76. The van der Waals surface area contributed by atoms with Crippen LogP contribution in [-0.2, 0) is 14.3 Å². The third kappa shape index (κ3) is 3.64. The summed E-state index contributed by atoms with van der Waals surface area (Å²) >= 11 is 0. The Bertz CT molecular complexity index is 941. The van der Waals surface area contributed by atoms with Crippen molar-refractivity contribution in [2.24, 2.45) is 5.92 Å². The number of ether oxygens (including phenoxy) is 2. The molecule has 2 heterocycles. The van der Waals surface area contributed by atoms with Crippen LogP contribution in [0.4, 0.5) is 0 Å². The molecule has 27 heavy (non-hydrogen) atoms. The van der Waals surface area contributed by atoms with Gasteiger partial charge in [-0.3, -0.25) is 9.59 Å². The smallest absolute Gasteiger partial charge is 0.310 e. The maximum Gasteiger partial charge on any atom is 0.310 e. The summed E-state index contributed by atoms with van der Waals surface area (Å²) in [5, 5.41) is 0.825. The second-order valence-electron chi connectivity index (χ2n) is 6.73. The summed E-state index contributed by atoms with van der Waals surface area (Å²) in [6.07, 6.45) is 1.98. The lowest BCUT2D eigenvalue weighted by atomic mass is 9.97. The van der Waals surface area contributed by atoms with Crippen LogP contribution in [0.1, 0.15) is 34.9 Å². The first-order valence-corrected chi connectivity index (χ1v) is 9.17. The molecule has 0 amide bonds. The number of fused-ring (bicyclic) bond motifs is 1. The van der Waals surface area contributed by atoms with Crippen LogP contribution in [-0.4, -0.2) is 30.0 Å². The number of hydrogen-bond acceptors (Lipinski definition) is 4. The van der Waals surface area contributed by atoms with Crippen LogP contribution < -0.4 is 0 Å². The molecule has 0 radical (unpaired) electrons. The zero-order chi connectivity index (χ0) is 18.6. The average molecular weight is 363 g/mol. The quantitative estimate of drug-likeness (QED) is 0.548. The second-order valence-corrected chi connectivity index (χ2v) is 6.73. The predicted octanol–water partition coefficient (Wildman–Crippen LogP) is 4.06. The van der Waals surface area contributed by atoms with Gasteiger partial charge in [0.2, 0.25) is 5.78 Å². The Kier molecular flexibility index (Phi) is 5.03. The zero-order valence-corrected chi connectivity index (χ0v) is 14.9. The minimum absolute atomic E-state index is 0.222. The molecule has 138 valence electrons. The molecule has 0 bridgehead atoms. The number of aromatic nitrogens is 1. The van der Waals surface area contributed by atoms with E-state index in [4.69, 9.17) is 9.47 Å². The van der Waals surface area contributed by atoms with Gasteiger partial charge in [-0.05, 0) is 18.9 Å². The van der Waals surface area contributed by atoms with E-state index < -0.39 is 6.10 Å². The van der Waals surface area contributed by atoms with Gasteiger partial charge in [0.25, 0.3) is 0 Å². The number of rotatable bonds is 5. The first-order valence-electron chi connectivity index (χ1n) is 9.17. The van der Waals surface area contributed by atoms with E-state index in [1.165, 1.54) is 0 Å². The number of Topliss-reactive ketones (excluding diaryl/α,β-unsaturated/α-hetero) is 1. The maximum absolute atomic E-state index is 13.3. The molecule has 5 heteroatoms. The van der Waals surface area contributed by atoms with E-state index in [1.807, 2.05) is 54.6 Å². The number of benzene rings is 2. The number of nitrogens with one attached hydrogen (secondary N) is 1. The molecule has 3 aromatic rings. The Labute approximate surface area is 157 Å². The third-order valence-corrected chi connectivity index (χ3v) is 4.98. The van der Waals surface area contributed by atoms with Gasteiger partial charge in [0, 0.05) is 41.4 Å². The number of para-hydroxylation sites is 1. The molecule has 0 unspecified atom stereocenters. The van der Waals surface area contributed by atoms with Gasteiger partial charge in [-0.25, -0.2) is 0 Å². The Hall–Kier alpha value is -2.92. The number of ketones is 1. The number of carbonyl (C=O) groups is 2. The van der Waals surface area contributed by atoms with Gasteiger partial charge in [0.05, 0.1) is 5.92 Å². The van der Waals surface area contributed by atoms with Crippen LogP contribution in [0.15, 0.2) is 60.8 Å². The normalized spacial score (nSPS) is 16.1. The van der Waals surface area contributed by atoms with Crippen molar-refractivity contribution < 1.29 is 19.1 Å². The largest absolute Gasteiger partial charge is 0.449 e. The Morgan fingerprint density at radius 2 is 1.70 bits per heavy atom. The molecule has 4 rings (SSSR count). The van der Waals surface area contributed by atoms with Crippen LogP contribution in [0.25, 0.3) is 10.9 Å². The lowest BCUT2D eigenvalue weighted by molar-refractivity contribution is -0.155. The molecule has 0 aliphatic carbocycles. The highest BCUT2D eigenvalue weighted by molar-refractivity contribution is 6.10. The van der Waals surface area contributed by atoms with Crippen molar-refractivity contribution in [3.8, 4) is 0 Å². The number of carbonyl (C=O) groups excluding carboxylic acids is 2. The molecule has 0 saturated carbocycles. The molecule has 1 aliphatic heterocycles. The van der Waals surface area contributed by atoms with Gasteiger partial charge in [0.15, 0.2) is 6.10 Å². The Morgan fingerprint density at radius 1 is 1.00 bits per heavy atom. The van der Waals surface area contributed by atoms with E-state index in [2.05, 4.69) is 4.98 Å². The van der Waals surface area contributed by atoms with Gasteiger partial charge < -0.3 is 14.5 Å². The zero-order valence-electron chi connectivity index (χ0n) is 14.9. The van der Waals surface area contributed by atoms with Gasteiger partial charge in [0.1, 0.15) is 0 Å². The number of H-pyrrole nitrogens is 1.